The second-order valence-corrected chi connectivity index (χ2v) is 13.9. The first-order valence-electron chi connectivity index (χ1n) is 16.1. The van der Waals surface area contributed by atoms with Gasteiger partial charge in [0.25, 0.3) is 0 Å². The molecule has 0 aliphatic carbocycles. The van der Waals surface area contributed by atoms with Crippen LogP contribution in [0.15, 0.2) is 59.1 Å². The second kappa shape index (κ2) is 13.4. The van der Waals surface area contributed by atoms with E-state index in [9.17, 15) is 9.18 Å². The number of esters is 1. The van der Waals surface area contributed by atoms with Crippen LogP contribution in [0.25, 0.3) is 22.6 Å². The molecule has 5 rings (SSSR count). The first kappa shape index (κ1) is 33.3. The molecule has 1 aliphatic rings. The topological polar surface area (TPSA) is 77.7 Å². The quantitative estimate of drug-likeness (QED) is 0.172. The number of hydrogen-bond donors (Lipinski definition) is 0. The summed E-state index contributed by atoms with van der Waals surface area (Å²) in [5, 5.41) is 0. The van der Waals surface area contributed by atoms with E-state index in [2.05, 4.69) is 35.9 Å². The predicted molar refractivity (Wildman–Crippen MR) is 179 cm³/mol. The fraction of sp³-hybridized carbons (Fsp3) is 0.447. The molecule has 0 bridgehead atoms. The van der Waals surface area contributed by atoms with Gasteiger partial charge in [-0.05, 0) is 95.2 Å². The summed E-state index contributed by atoms with van der Waals surface area (Å²) >= 11 is 0. The molecule has 1 saturated heterocycles. The zero-order valence-corrected chi connectivity index (χ0v) is 28.4. The smallest absolute Gasteiger partial charge is 0.340 e. The minimum atomic E-state index is -0.928. The summed E-state index contributed by atoms with van der Waals surface area (Å²) in [6.07, 6.45) is 3.37. The van der Waals surface area contributed by atoms with E-state index in [1.54, 1.807) is 18.3 Å². The van der Waals surface area contributed by atoms with Crippen LogP contribution in [0.1, 0.15) is 88.8 Å². The maximum atomic E-state index is 13.6. The Hall–Kier alpha value is -4.04. The standard InChI is InChI=1S/C38H46FN3O4/c1-9-44-36(43)34(46-37(4,5)6)32-25(3)41-24(2)31(33(32)42-20-18-38(7,8)19-21-42)27-12-14-28(15-13-27)35-40-23-30(45-35)22-26-10-16-29(39)17-11-26/h10-17,23,34H,9,18-22H2,1-8H3/t34-/m0/s1. The van der Waals surface area contributed by atoms with Crippen LogP contribution >= 0.6 is 0 Å². The van der Waals surface area contributed by atoms with Gasteiger partial charge in [-0.3, -0.25) is 4.98 Å². The molecular weight excluding hydrogens is 581 g/mol. The number of oxazole rings is 1. The average molecular weight is 628 g/mol. The molecular formula is C38H46FN3O4. The molecule has 2 aromatic heterocycles. The molecule has 0 spiro atoms. The predicted octanol–water partition coefficient (Wildman–Crippen LogP) is 8.80. The summed E-state index contributed by atoms with van der Waals surface area (Å²) in [4.78, 5) is 25.5. The van der Waals surface area contributed by atoms with E-state index < -0.39 is 17.7 Å². The number of aromatic nitrogens is 2. The molecule has 0 N–H and O–H groups in total. The van der Waals surface area contributed by atoms with Crippen molar-refractivity contribution in [2.45, 2.75) is 86.4 Å². The number of hydrogen-bond acceptors (Lipinski definition) is 7. The number of carbonyl (C=O) groups excluding carboxylic acids is 1. The van der Waals surface area contributed by atoms with Crippen LogP contribution in [-0.2, 0) is 20.7 Å². The van der Waals surface area contributed by atoms with Crippen molar-refractivity contribution >= 4 is 11.7 Å². The van der Waals surface area contributed by atoms with Gasteiger partial charge in [-0.1, -0.05) is 38.1 Å². The Balaban J connectivity index is 1.57. The Morgan fingerprint density at radius 3 is 2.24 bits per heavy atom. The molecule has 1 fully saturated rings. The van der Waals surface area contributed by atoms with Gasteiger partial charge in [0.1, 0.15) is 11.6 Å². The number of rotatable bonds is 9. The van der Waals surface area contributed by atoms with Crippen LogP contribution in [0.5, 0.6) is 0 Å². The molecule has 8 heteroatoms. The highest BCUT2D eigenvalue weighted by molar-refractivity contribution is 5.88. The zero-order chi connectivity index (χ0) is 33.2. The van der Waals surface area contributed by atoms with E-state index in [-0.39, 0.29) is 17.8 Å². The van der Waals surface area contributed by atoms with Gasteiger partial charge >= 0.3 is 5.97 Å². The lowest BCUT2D eigenvalue weighted by Gasteiger charge is -2.41. The molecule has 1 aliphatic heterocycles. The number of piperidine rings is 1. The Bertz CT molecular complexity index is 1660. The van der Waals surface area contributed by atoms with Gasteiger partial charge in [0, 0.05) is 47.6 Å². The van der Waals surface area contributed by atoms with Gasteiger partial charge in [0.2, 0.25) is 5.89 Å². The van der Waals surface area contributed by atoms with Crippen LogP contribution in [-0.4, -0.2) is 41.2 Å². The SMILES string of the molecule is CCOC(=O)[C@@H](OC(C)(C)C)c1c(C)nc(C)c(-c2ccc(-c3ncc(Cc4ccc(F)cc4)o3)cc2)c1N1CCC(C)(C)CC1. The molecule has 46 heavy (non-hydrogen) atoms. The van der Waals surface area contributed by atoms with E-state index in [1.807, 2.05) is 53.7 Å². The van der Waals surface area contributed by atoms with Crippen molar-refractivity contribution in [1.29, 1.82) is 0 Å². The van der Waals surface area contributed by atoms with Gasteiger partial charge in [-0.2, -0.15) is 0 Å². The van der Waals surface area contributed by atoms with Crippen molar-refractivity contribution in [3.63, 3.8) is 0 Å². The lowest BCUT2D eigenvalue weighted by atomic mass is 9.81. The summed E-state index contributed by atoms with van der Waals surface area (Å²) in [6.45, 7) is 18.2. The van der Waals surface area contributed by atoms with Crippen LogP contribution in [0.2, 0.25) is 0 Å². The van der Waals surface area contributed by atoms with Crippen molar-refractivity contribution in [2.75, 3.05) is 24.6 Å². The minimum absolute atomic E-state index is 0.240. The van der Waals surface area contributed by atoms with E-state index in [4.69, 9.17) is 18.9 Å². The molecule has 0 amide bonds. The summed E-state index contributed by atoms with van der Waals surface area (Å²) in [5.41, 5.74) is 6.76. The van der Waals surface area contributed by atoms with Crippen LogP contribution < -0.4 is 4.90 Å². The molecule has 244 valence electrons. The van der Waals surface area contributed by atoms with Gasteiger partial charge in [0.05, 0.1) is 24.1 Å². The molecule has 0 radical (unpaired) electrons. The Kier molecular flexibility index (Phi) is 9.68. The van der Waals surface area contributed by atoms with E-state index in [0.29, 0.717) is 18.1 Å². The number of carbonyl (C=O) groups is 1. The third kappa shape index (κ3) is 7.66. The Morgan fingerprint density at radius 1 is 1.00 bits per heavy atom. The van der Waals surface area contributed by atoms with E-state index in [0.717, 1.165) is 70.8 Å². The number of aryl methyl sites for hydroxylation is 2. The monoisotopic (exact) mass is 627 g/mol. The molecule has 2 aromatic carbocycles. The van der Waals surface area contributed by atoms with Crippen LogP contribution in [0, 0.1) is 25.1 Å². The largest absolute Gasteiger partial charge is 0.464 e. The van der Waals surface area contributed by atoms with Crippen molar-refractivity contribution in [3.05, 3.63) is 88.8 Å². The number of pyridine rings is 1. The third-order valence-electron chi connectivity index (χ3n) is 8.51. The van der Waals surface area contributed by atoms with Crippen LogP contribution in [0.3, 0.4) is 0 Å². The van der Waals surface area contributed by atoms with Gasteiger partial charge in [-0.25, -0.2) is 14.2 Å². The number of nitrogens with zero attached hydrogens (tertiary/aromatic N) is 3. The molecule has 0 saturated carbocycles. The minimum Gasteiger partial charge on any atom is -0.464 e. The first-order chi connectivity index (χ1) is 21.7. The lowest BCUT2D eigenvalue weighted by Crippen LogP contribution is -2.39. The zero-order valence-electron chi connectivity index (χ0n) is 28.4. The molecule has 7 nitrogen and oxygen atoms in total. The summed E-state index contributed by atoms with van der Waals surface area (Å²) in [7, 11) is 0. The normalized spacial score (nSPS) is 15.5. The van der Waals surface area contributed by atoms with E-state index >= 15 is 0 Å². The van der Waals surface area contributed by atoms with Crippen molar-refractivity contribution in [3.8, 4) is 22.6 Å². The highest BCUT2D eigenvalue weighted by Crippen LogP contribution is 2.45. The summed E-state index contributed by atoms with van der Waals surface area (Å²) in [5.74, 6) is 0.542. The lowest BCUT2D eigenvalue weighted by molar-refractivity contribution is -0.166. The average Bonchev–Trinajstić information content (AvgIpc) is 3.45. The number of halogens is 1. The highest BCUT2D eigenvalue weighted by Gasteiger charge is 2.37. The van der Waals surface area contributed by atoms with Gasteiger partial charge < -0.3 is 18.8 Å². The fourth-order valence-corrected chi connectivity index (χ4v) is 6.07. The molecule has 4 aromatic rings. The fourth-order valence-electron chi connectivity index (χ4n) is 6.07. The Labute approximate surface area is 272 Å². The maximum Gasteiger partial charge on any atom is 0.340 e. The number of benzene rings is 2. The second-order valence-electron chi connectivity index (χ2n) is 13.9. The van der Waals surface area contributed by atoms with Crippen LogP contribution in [0.4, 0.5) is 10.1 Å². The highest BCUT2D eigenvalue weighted by atomic mass is 19.1. The number of ether oxygens (including phenoxy) is 2. The summed E-state index contributed by atoms with van der Waals surface area (Å²) in [6, 6.07) is 14.5. The van der Waals surface area contributed by atoms with Crippen molar-refractivity contribution in [1.82, 2.24) is 9.97 Å². The molecule has 0 unspecified atom stereocenters. The Morgan fingerprint density at radius 2 is 1.63 bits per heavy atom. The van der Waals surface area contributed by atoms with Gasteiger partial charge in [0.15, 0.2) is 6.10 Å². The molecule has 3 heterocycles. The number of anilines is 1. The van der Waals surface area contributed by atoms with Crippen molar-refractivity contribution < 1.29 is 23.1 Å². The first-order valence-corrected chi connectivity index (χ1v) is 16.1. The van der Waals surface area contributed by atoms with Gasteiger partial charge in [-0.15, -0.1) is 0 Å². The van der Waals surface area contributed by atoms with E-state index in [1.165, 1.54) is 12.1 Å². The summed E-state index contributed by atoms with van der Waals surface area (Å²) < 4.78 is 31.5. The van der Waals surface area contributed by atoms with Crippen molar-refractivity contribution in [2.24, 2.45) is 5.41 Å². The maximum absolute atomic E-state index is 13.6. The molecule has 1 atom stereocenters. The third-order valence-corrected chi connectivity index (χ3v) is 8.51.